The third-order valence-corrected chi connectivity index (χ3v) is 2.29. The van der Waals surface area contributed by atoms with Gasteiger partial charge in [0.1, 0.15) is 0 Å². The monoisotopic (exact) mass is 229 g/mol. The fraction of sp³-hybridized carbons (Fsp3) is 0.455. The smallest absolute Gasteiger partial charge is 0.170 e. The van der Waals surface area contributed by atoms with Crippen LogP contribution in [-0.2, 0) is 11.3 Å². The molecule has 0 aliphatic rings. The molecule has 1 aromatic carbocycles. The van der Waals surface area contributed by atoms with Crippen LogP contribution >= 0.6 is 0 Å². The number of methoxy groups -OCH3 is 2. The molecule has 1 rings (SSSR count). The van der Waals surface area contributed by atoms with E-state index < -0.39 is 11.9 Å². The summed E-state index contributed by atoms with van der Waals surface area (Å²) in [5.74, 6) is -0.498. The molecule has 0 saturated carbocycles. The molecule has 1 unspecified atom stereocenters. The maximum Gasteiger partial charge on any atom is 0.170 e. The third kappa shape index (κ3) is 2.49. The zero-order chi connectivity index (χ0) is 12.1. The van der Waals surface area contributed by atoms with Gasteiger partial charge in [0, 0.05) is 24.8 Å². The van der Waals surface area contributed by atoms with E-state index in [9.17, 15) is 9.50 Å². The lowest BCUT2D eigenvalue weighted by molar-refractivity contribution is 0.174. The van der Waals surface area contributed by atoms with Crippen molar-refractivity contribution in [3.05, 3.63) is 29.1 Å². The number of hydrogen-bond donors (Lipinski definition) is 2. The van der Waals surface area contributed by atoms with Crippen LogP contribution in [0.25, 0.3) is 0 Å². The highest BCUT2D eigenvalue weighted by Gasteiger charge is 2.18. The molecule has 0 radical (unpaired) electrons. The van der Waals surface area contributed by atoms with Gasteiger partial charge in [0.05, 0.1) is 19.8 Å². The van der Waals surface area contributed by atoms with Crippen LogP contribution in [0.1, 0.15) is 17.2 Å². The first-order valence-corrected chi connectivity index (χ1v) is 4.88. The molecular formula is C11H16FNO3. The van der Waals surface area contributed by atoms with Crippen molar-refractivity contribution < 1.29 is 19.0 Å². The maximum absolute atomic E-state index is 13.9. The van der Waals surface area contributed by atoms with Crippen molar-refractivity contribution >= 4 is 0 Å². The van der Waals surface area contributed by atoms with Crippen LogP contribution in [0.4, 0.5) is 4.39 Å². The van der Waals surface area contributed by atoms with E-state index >= 15 is 0 Å². The second-order valence-corrected chi connectivity index (χ2v) is 3.35. The van der Waals surface area contributed by atoms with Gasteiger partial charge < -0.3 is 20.3 Å². The molecule has 5 heteroatoms. The van der Waals surface area contributed by atoms with Crippen molar-refractivity contribution in [1.82, 2.24) is 0 Å². The Kier molecular flexibility index (Phi) is 4.67. The summed E-state index contributed by atoms with van der Waals surface area (Å²) in [6, 6.07) is 3.14. The number of nitrogens with two attached hydrogens (primary N) is 1. The van der Waals surface area contributed by atoms with Gasteiger partial charge >= 0.3 is 0 Å². The Morgan fingerprint density at radius 2 is 2.12 bits per heavy atom. The Bertz CT molecular complexity index is 357. The quantitative estimate of drug-likeness (QED) is 0.789. The van der Waals surface area contributed by atoms with Crippen molar-refractivity contribution in [1.29, 1.82) is 0 Å². The van der Waals surface area contributed by atoms with E-state index in [1.165, 1.54) is 14.2 Å². The standard InChI is InChI=1S/C11H16FNO3/c1-15-6-7-3-4-8(9(14)5-13)11(16-2)10(7)12/h3-4,9,14H,5-6,13H2,1-2H3. The molecule has 0 spiro atoms. The van der Waals surface area contributed by atoms with Gasteiger partial charge in [-0.2, -0.15) is 0 Å². The second kappa shape index (κ2) is 5.79. The molecule has 0 amide bonds. The average Bonchev–Trinajstić information content (AvgIpc) is 2.30. The molecule has 16 heavy (non-hydrogen) atoms. The summed E-state index contributed by atoms with van der Waals surface area (Å²) in [5.41, 5.74) is 6.05. The van der Waals surface area contributed by atoms with Crippen LogP contribution in [0.5, 0.6) is 5.75 Å². The summed E-state index contributed by atoms with van der Waals surface area (Å²) in [5, 5.41) is 9.58. The van der Waals surface area contributed by atoms with Crippen molar-refractivity contribution in [2.75, 3.05) is 20.8 Å². The van der Waals surface area contributed by atoms with Crippen LogP contribution in [0.3, 0.4) is 0 Å². The first kappa shape index (κ1) is 12.9. The van der Waals surface area contributed by atoms with Crippen molar-refractivity contribution in [2.24, 2.45) is 5.73 Å². The predicted molar refractivity (Wildman–Crippen MR) is 57.7 cm³/mol. The highest BCUT2D eigenvalue weighted by Crippen LogP contribution is 2.30. The largest absolute Gasteiger partial charge is 0.493 e. The van der Waals surface area contributed by atoms with Crippen LogP contribution < -0.4 is 10.5 Å². The first-order valence-electron chi connectivity index (χ1n) is 4.88. The molecule has 0 aromatic heterocycles. The second-order valence-electron chi connectivity index (χ2n) is 3.35. The highest BCUT2D eigenvalue weighted by molar-refractivity contribution is 5.40. The Morgan fingerprint density at radius 3 is 2.62 bits per heavy atom. The minimum atomic E-state index is -0.930. The van der Waals surface area contributed by atoms with Gasteiger partial charge in [-0.15, -0.1) is 0 Å². The minimum Gasteiger partial charge on any atom is -0.493 e. The molecule has 0 fully saturated rings. The zero-order valence-corrected chi connectivity index (χ0v) is 9.37. The van der Waals surface area contributed by atoms with Crippen molar-refractivity contribution in [3.8, 4) is 5.75 Å². The average molecular weight is 229 g/mol. The van der Waals surface area contributed by atoms with Gasteiger partial charge in [-0.25, -0.2) is 4.39 Å². The van der Waals surface area contributed by atoms with E-state index in [2.05, 4.69) is 0 Å². The van der Waals surface area contributed by atoms with E-state index in [1.54, 1.807) is 12.1 Å². The van der Waals surface area contributed by atoms with Gasteiger partial charge in [0.2, 0.25) is 0 Å². The lowest BCUT2D eigenvalue weighted by Crippen LogP contribution is -2.13. The summed E-state index contributed by atoms with van der Waals surface area (Å²) < 4.78 is 23.7. The summed E-state index contributed by atoms with van der Waals surface area (Å²) in [4.78, 5) is 0. The molecule has 3 N–H and O–H groups in total. The lowest BCUT2D eigenvalue weighted by atomic mass is 10.0. The van der Waals surface area contributed by atoms with E-state index in [4.69, 9.17) is 15.2 Å². The summed E-state index contributed by atoms with van der Waals surface area (Å²) >= 11 is 0. The van der Waals surface area contributed by atoms with Crippen molar-refractivity contribution in [2.45, 2.75) is 12.7 Å². The Labute approximate surface area is 93.8 Å². The first-order chi connectivity index (χ1) is 7.65. The van der Waals surface area contributed by atoms with E-state index in [-0.39, 0.29) is 18.9 Å². The Morgan fingerprint density at radius 1 is 1.44 bits per heavy atom. The number of aliphatic hydroxyl groups is 1. The fourth-order valence-electron chi connectivity index (χ4n) is 1.48. The predicted octanol–water partition coefficient (Wildman–Crippen LogP) is 0.973. The van der Waals surface area contributed by atoms with E-state index in [0.29, 0.717) is 11.1 Å². The number of hydrogen-bond acceptors (Lipinski definition) is 4. The minimum absolute atomic E-state index is 0.0133. The van der Waals surface area contributed by atoms with E-state index in [1.807, 2.05) is 0 Å². The number of rotatable bonds is 5. The molecule has 0 bridgehead atoms. The Balaban J connectivity index is 3.18. The van der Waals surface area contributed by atoms with Gasteiger partial charge in [0.25, 0.3) is 0 Å². The Hall–Kier alpha value is -1.17. The molecule has 0 heterocycles. The van der Waals surface area contributed by atoms with Crippen LogP contribution in [0, 0.1) is 5.82 Å². The van der Waals surface area contributed by atoms with Crippen molar-refractivity contribution in [3.63, 3.8) is 0 Å². The summed E-state index contributed by atoms with van der Waals surface area (Å²) in [7, 11) is 2.83. The normalized spacial score (nSPS) is 12.6. The zero-order valence-electron chi connectivity index (χ0n) is 9.37. The molecular weight excluding hydrogens is 213 g/mol. The molecule has 90 valence electrons. The maximum atomic E-state index is 13.9. The summed E-state index contributed by atoms with van der Waals surface area (Å²) in [6.07, 6.45) is -0.930. The van der Waals surface area contributed by atoms with Gasteiger partial charge in [0.15, 0.2) is 11.6 Å². The number of benzene rings is 1. The number of ether oxygens (including phenoxy) is 2. The highest BCUT2D eigenvalue weighted by atomic mass is 19.1. The molecule has 0 saturated heterocycles. The molecule has 0 aliphatic carbocycles. The topological polar surface area (TPSA) is 64.7 Å². The molecule has 0 aliphatic heterocycles. The van der Waals surface area contributed by atoms with Crippen LogP contribution in [0.15, 0.2) is 12.1 Å². The van der Waals surface area contributed by atoms with Gasteiger partial charge in [-0.3, -0.25) is 0 Å². The number of aliphatic hydroxyl groups excluding tert-OH is 1. The lowest BCUT2D eigenvalue weighted by Gasteiger charge is -2.15. The SMILES string of the molecule is COCc1ccc(C(O)CN)c(OC)c1F. The molecule has 4 nitrogen and oxygen atoms in total. The number of halogens is 1. The summed E-state index contributed by atoms with van der Waals surface area (Å²) in [6.45, 7) is 0.167. The molecule has 1 aromatic rings. The van der Waals surface area contributed by atoms with E-state index in [0.717, 1.165) is 0 Å². The molecule has 1 atom stereocenters. The van der Waals surface area contributed by atoms with Gasteiger partial charge in [-0.1, -0.05) is 12.1 Å². The third-order valence-electron chi connectivity index (χ3n) is 2.29. The fourth-order valence-corrected chi connectivity index (χ4v) is 1.48. The van der Waals surface area contributed by atoms with Crippen LogP contribution in [0.2, 0.25) is 0 Å². The van der Waals surface area contributed by atoms with Gasteiger partial charge in [-0.05, 0) is 0 Å². The van der Waals surface area contributed by atoms with Crippen LogP contribution in [-0.4, -0.2) is 25.9 Å².